The smallest absolute Gasteiger partial charge is 0.163 e. The lowest BCUT2D eigenvalue weighted by Crippen LogP contribution is -2.01. The molecule has 1 aromatic carbocycles. The molecule has 0 unspecified atom stereocenters. The summed E-state index contributed by atoms with van der Waals surface area (Å²) in [5, 5.41) is 3.93. The van der Waals surface area contributed by atoms with Crippen LogP contribution in [-0.2, 0) is 0 Å². The summed E-state index contributed by atoms with van der Waals surface area (Å²) in [7, 11) is 0. The van der Waals surface area contributed by atoms with Gasteiger partial charge in [0.15, 0.2) is 5.82 Å². The number of nitrogens with zero attached hydrogens (tertiary/aromatic N) is 4. The van der Waals surface area contributed by atoms with Crippen LogP contribution in [0.5, 0.6) is 5.75 Å². The predicted molar refractivity (Wildman–Crippen MR) is 106 cm³/mol. The first kappa shape index (κ1) is 17.8. The molecule has 28 heavy (non-hydrogen) atoms. The second kappa shape index (κ2) is 7.56. The minimum Gasteiger partial charge on any atom is -0.494 e. The minimum atomic E-state index is -0.383. The van der Waals surface area contributed by atoms with Gasteiger partial charge in [0.1, 0.15) is 17.4 Å². The van der Waals surface area contributed by atoms with E-state index in [0.29, 0.717) is 35.4 Å². The lowest BCUT2D eigenvalue weighted by atomic mass is 10.2. The van der Waals surface area contributed by atoms with Crippen molar-refractivity contribution in [1.29, 1.82) is 0 Å². The normalized spacial score (nSPS) is 10.8. The van der Waals surface area contributed by atoms with Gasteiger partial charge in [-0.2, -0.15) is 0 Å². The van der Waals surface area contributed by atoms with Gasteiger partial charge in [0.2, 0.25) is 0 Å². The number of ether oxygens (including phenoxy) is 1. The maximum absolute atomic E-state index is 13.9. The minimum absolute atomic E-state index is 0.341. The van der Waals surface area contributed by atoms with Gasteiger partial charge in [-0.3, -0.25) is 9.97 Å². The molecule has 0 saturated heterocycles. The van der Waals surface area contributed by atoms with Gasteiger partial charge in [-0.15, -0.1) is 0 Å². The Bertz CT molecular complexity index is 1130. The van der Waals surface area contributed by atoms with Crippen LogP contribution in [0.25, 0.3) is 22.3 Å². The number of halogens is 1. The molecule has 1 N–H and O–H groups in total. The molecule has 0 amide bonds. The molecular weight excluding hydrogens is 357 g/mol. The maximum Gasteiger partial charge on any atom is 0.163 e. The summed E-state index contributed by atoms with van der Waals surface area (Å²) in [6, 6.07) is 10.7. The second-order valence-corrected chi connectivity index (χ2v) is 6.17. The molecule has 6 nitrogen and oxygen atoms in total. The van der Waals surface area contributed by atoms with Crippen molar-refractivity contribution in [3.63, 3.8) is 0 Å². The molecule has 7 heteroatoms. The van der Waals surface area contributed by atoms with Gasteiger partial charge >= 0.3 is 0 Å². The van der Waals surface area contributed by atoms with Crippen molar-refractivity contribution in [3.05, 3.63) is 66.5 Å². The number of hydrogen-bond acceptors (Lipinski definition) is 6. The standard InChI is InChI=1S/C21H18FN5O/c1-3-28-16-6-7-19-17(10-16)21(25-15-9-18(22)13(2)24-12-15)27-20(26-19)14-5-4-8-23-11-14/h4-12H,3H2,1-2H3,(H,25,26,27). The van der Waals surface area contributed by atoms with Crippen molar-refractivity contribution < 1.29 is 9.13 Å². The van der Waals surface area contributed by atoms with Crippen LogP contribution in [0.1, 0.15) is 12.6 Å². The fourth-order valence-electron chi connectivity index (χ4n) is 2.79. The van der Waals surface area contributed by atoms with E-state index in [0.717, 1.165) is 16.5 Å². The molecule has 0 aliphatic carbocycles. The first-order valence-corrected chi connectivity index (χ1v) is 8.88. The zero-order chi connectivity index (χ0) is 19.5. The Labute approximate surface area is 161 Å². The predicted octanol–water partition coefficient (Wildman–Crippen LogP) is 4.68. The van der Waals surface area contributed by atoms with Crippen LogP contribution >= 0.6 is 0 Å². The number of aromatic nitrogens is 4. The van der Waals surface area contributed by atoms with Crippen LogP contribution in [0.15, 0.2) is 55.0 Å². The third-order valence-electron chi connectivity index (χ3n) is 4.19. The van der Waals surface area contributed by atoms with Crippen molar-refractivity contribution >= 4 is 22.4 Å². The Kier molecular flexibility index (Phi) is 4.80. The van der Waals surface area contributed by atoms with Gasteiger partial charge in [0.05, 0.1) is 29.7 Å². The monoisotopic (exact) mass is 375 g/mol. The summed E-state index contributed by atoms with van der Waals surface area (Å²) in [5.41, 5.74) is 2.37. The maximum atomic E-state index is 13.9. The van der Waals surface area contributed by atoms with Crippen LogP contribution in [0.4, 0.5) is 15.9 Å². The summed E-state index contributed by atoms with van der Waals surface area (Å²) >= 11 is 0. The van der Waals surface area contributed by atoms with E-state index in [1.54, 1.807) is 25.5 Å². The van der Waals surface area contributed by atoms with E-state index in [9.17, 15) is 4.39 Å². The lowest BCUT2D eigenvalue weighted by Gasteiger charge is -2.12. The molecule has 0 fully saturated rings. The molecule has 0 aliphatic heterocycles. The molecule has 140 valence electrons. The van der Waals surface area contributed by atoms with Crippen molar-refractivity contribution in [1.82, 2.24) is 19.9 Å². The SMILES string of the molecule is CCOc1ccc2nc(-c3cccnc3)nc(Nc3cnc(C)c(F)c3)c2c1. The summed E-state index contributed by atoms with van der Waals surface area (Å²) in [5.74, 6) is 1.39. The number of pyridine rings is 2. The van der Waals surface area contributed by atoms with Crippen molar-refractivity contribution in [3.8, 4) is 17.1 Å². The molecule has 0 aliphatic rings. The second-order valence-electron chi connectivity index (χ2n) is 6.17. The Balaban J connectivity index is 1.86. The highest BCUT2D eigenvalue weighted by atomic mass is 19.1. The van der Waals surface area contributed by atoms with E-state index < -0.39 is 0 Å². The van der Waals surface area contributed by atoms with E-state index in [-0.39, 0.29) is 5.82 Å². The van der Waals surface area contributed by atoms with Gasteiger partial charge in [-0.05, 0) is 44.2 Å². The van der Waals surface area contributed by atoms with Crippen LogP contribution in [0.3, 0.4) is 0 Å². The Morgan fingerprint density at radius 3 is 2.75 bits per heavy atom. The molecule has 0 spiro atoms. The number of aryl methyl sites for hydroxylation is 1. The van der Waals surface area contributed by atoms with Crippen LogP contribution in [-0.4, -0.2) is 26.5 Å². The molecule has 3 aromatic heterocycles. The van der Waals surface area contributed by atoms with Gasteiger partial charge in [-0.1, -0.05) is 0 Å². The van der Waals surface area contributed by atoms with E-state index >= 15 is 0 Å². The number of benzene rings is 1. The van der Waals surface area contributed by atoms with E-state index in [4.69, 9.17) is 4.74 Å². The van der Waals surface area contributed by atoms with Crippen molar-refractivity contribution in [2.24, 2.45) is 0 Å². The fraction of sp³-hybridized carbons (Fsp3) is 0.143. The zero-order valence-electron chi connectivity index (χ0n) is 15.5. The summed E-state index contributed by atoms with van der Waals surface area (Å²) < 4.78 is 19.5. The first-order chi connectivity index (χ1) is 13.6. The van der Waals surface area contributed by atoms with Gasteiger partial charge in [0.25, 0.3) is 0 Å². The molecule has 4 aromatic rings. The fourth-order valence-corrected chi connectivity index (χ4v) is 2.79. The third-order valence-corrected chi connectivity index (χ3v) is 4.19. The van der Waals surface area contributed by atoms with Gasteiger partial charge in [0, 0.05) is 29.4 Å². The lowest BCUT2D eigenvalue weighted by molar-refractivity contribution is 0.340. The molecule has 0 bridgehead atoms. The number of fused-ring (bicyclic) bond motifs is 1. The molecule has 4 rings (SSSR count). The highest BCUT2D eigenvalue weighted by Crippen LogP contribution is 2.30. The topological polar surface area (TPSA) is 72.8 Å². The van der Waals surface area contributed by atoms with E-state index in [2.05, 4.69) is 25.3 Å². The largest absolute Gasteiger partial charge is 0.494 e. The van der Waals surface area contributed by atoms with E-state index in [1.807, 2.05) is 37.3 Å². The van der Waals surface area contributed by atoms with Crippen LogP contribution in [0.2, 0.25) is 0 Å². The first-order valence-electron chi connectivity index (χ1n) is 8.88. The number of nitrogens with one attached hydrogen (secondary N) is 1. The average molecular weight is 375 g/mol. The highest BCUT2D eigenvalue weighted by Gasteiger charge is 2.12. The molecule has 3 heterocycles. The Morgan fingerprint density at radius 1 is 1.11 bits per heavy atom. The van der Waals surface area contributed by atoms with E-state index in [1.165, 1.54) is 6.07 Å². The van der Waals surface area contributed by atoms with Gasteiger partial charge in [-0.25, -0.2) is 14.4 Å². The van der Waals surface area contributed by atoms with Gasteiger partial charge < -0.3 is 10.1 Å². The quantitative estimate of drug-likeness (QED) is 0.546. The van der Waals surface area contributed by atoms with Crippen molar-refractivity contribution in [2.45, 2.75) is 13.8 Å². The molecule has 0 saturated carbocycles. The third kappa shape index (κ3) is 3.59. The zero-order valence-corrected chi connectivity index (χ0v) is 15.5. The van der Waals surface area contributed by atoms with Crippen LogP contribution in [0, 0.1) is 12.7 Å². The number of rotatable bonds is 5. The molecular formula is C21H18FN5O. The summed E-state index contributed by atoms with van der Waals surface area (Å²) in [4.78, 5) is 17.5. The van der Waals surface area contributed by atoms with Crippen molar-refractivity contribution in [2.75, 3.05) is 11.9 Å². The molecule has 0 atom stereocenters. The average Bonchev–Trinajstić information content (AvgIpc) is 2.72. The number of anilines is 2. The summed E-state index contributed by atoms with van der Waals surface area (Å²) in [6.07, 6.45) is 4.97. The Hall–Kier alpha value is -3.61. The Morgan fingerprint density at radius 2 is 2.00 bits per heavy atom. The summed E-state index contributed by atoms with van der Waals surface area (Å²) in [6.45, 7) is 4.09. The number of hydrogen-bond donors (Lipinski definition) is 1. The highest BCUT2D eigenvalue weighted by molar-refractivity contribution is 5.93. The molecule has 0 radical (unpaired) electrons. The van der Waals surface area contributed by atoms with Crippen LogP contribution < -0.4 is 10.1 Å².